The summed E-state index contributed by atoms with van der Waals surface area (Å²) in [4.78, 5) is 0. The van der Waals surface area contributed by atoms with Crippen LogP contribution in [-0.2, 0) is 0 Å². The van der Waals surface area contributed by atoms with E-state index in [-0.39, 0.29) is 0 Å². The fourth-order valence-electron chi connectivity index (χ4n) is 2.35. The van der Waals surface area contributed by atoms with Gasteiger partial charge in [0.1, 0.15) is 17.8 Å². The second kappa shape index (κ2) is 5.26. The molecule has 0 amide bonds. The van der Waals surface area contributed by atoms with Crippen LogP contribution in [0.1, 0.15) is 11.1 Å². The molecule has 0 saturated carbocycles. The predicted molar refractivity (Wildman–Crippen MR) is 83.7 cm³/mol. The number of anilines is 2. The minimum Gasteiger partial charge on any atom is -0.496 e. The minimum absolute atomic E-state index is 0.595. The number of hydrogen-bond acceptors (Lipinski definition) is 4. The number of fused-ring (bicyclic) bond motifs is 1. The molecule has 108 valence electrons. The van der Waals surface area contributed by atoms with Crippen LogP contribution in [0.5, 0.6) is 5.75 Å². The minimum atomic E-state index is 0.595. The van der Waals surface area contributed by atoms with Crippen molar-refractivity contribution >= 4 is 28.6 Å². The van der Waals surface area contributed by atoms with E-state index in [1.807, 2.05) is 42.6 Å². The number of aryl methyl sites for hydroxylation is 1. The van der Waals surface area contributed by atoms with E-state index in [9.17, 15) is 0 Å². The number of ether oxygens (including phenoxy) is 1. The highest BCUT2D eigenvalue weighted by molar-refractivity contribution is 6.34. The molecule has 0 radical (unpaired) electrons. The molecule has 5 nitrogen and oxygen atoms in total. The van der Waals surface area contributed by atoms with Crippen LogP contribution in [0.2, 0.25) is 5.02 Å². The summed E-state index contributed by atoms with van der Waals surface area (Å²) in [7, 11) is 1.66. The Morgan fingerprint density at radius 1 is 1.19 bits per heavy atom. The Bertz CT molecular complexity index is 813. The lowest BCUT2D eigenvalue weighted by atomic mass is 10.1. The van der Waals surface area contributed by atoms with Crippen LogP contribution in [0, 0.1) is 13.8 Å². The molecule has 1 N–H and O–H groups in total. The van der Waals surface area contributed by atoms with E-state index < -0.39 is 0 Å². The summed E-state index contributed by atoms with van der Waals surface area (Å²) in [6, 6.07) is 5.77. The van der Waals surface area contributed by atoms with Crippen molar-refractivity contribution < 1.29 is 4.74 Å². The molecule has 0 atom stereocenters. The van der Waals surface area contributed by atoms with Crippen LogP contribution in [0.4, 0.5) is 11.4 Å². The number of benzene rings is 1. The van der Waals surface area contributed by atoms with Crippen LogP contribution >= 0.6 is 11.6 Å². The van der Waals surface area contributed by atoms with Crippen LogP contribution < -0.4 is 10.1 Å². The maximum atomic E-state index is 6.31. The molecule has 1 aromatic carbocycles. The SMILES string of the molecule is COc1ccc(C)c(Nc2c(Cl)ccn3cnnc23)c1C. The van der Waals surface area contributed by atoms with Gasteiger partial charge in [0.2, 0.25) is 0 Å². The first-order valence-corrected chi connectivity index (χ1v) is 6.88. The zero-order valence-corrected chi connectivity index (χ0v) is 12.8. The van der Waals surface area contributed by atoms with Crippen molar-refractivity contribution in [2.45, 2.75) is 13.8 Å². The van der Waals surface area contributed by atoms with Gasteiger partial charge in [-0.15, -0.1) is 10.2 Å². The zero-order valence-electron chi connectivity index (χ0n) is 12.0. The number of aromatic nitrogens is 3. The lowest BCUT2D eigenvalue weighted by molar-refractivity contribution is 0.412. The van der Waals surface area contributed by atoms with Crippen molar-refractivity contribution in [3.63, 3.8) is 0 Å². The number of pyridine rings is 1. The summed E-state index contributed by atoms with van der Waals surface area (Å²) in [5.41, 5.74) is 4.51. The van der Waals surface area contributed by atoms with E-state index in [2.05, 4.69) is 15.5 Å². The van der Waals surface area contributed by atoms with Gasteiger partial charge in [-0.3, -0.25) is 4.40 Å². The molecule has 0 aliphatic heterocycles. The molecular weight excluding hydrogens is 288 g/mol. The van der Waals surface area contributed by atoms with Crippen molar-refractivity contribution in [3.05, 3.63) is 46.9 Å². The molecule has 0 unspecified atom stereocenters. The third-order valence-corrected chi connectivity index (χ3v) is 3.83. The second-order valence-electron chi connectivity index (χ2n) is 4.81. The van der Waals surface area contributed by atoms with Gasteiger partial charge in [-0.25, -0.2) is 0 Å². The molecule has 3 rings (SSSR count). The van der Waals surface area contributed by atoms with Crippen molar-refractivity contribution in [1.29, 1.82) is 0 Å². The quantitative estimate of drug-likeness (QED) is 0.800. The van der Waals surface area contributed by atoms with Crippen molar-refractivity contribution in [2.24, 2.45) is 0 Å². The molecule has 6 heteroatoms. The van der Waals surface area contributed by atoms with Crippen LogP contribution in [0.3, 0.4) is 0 Å². The first-order chi connectivity index (χ1) is 10.1. The molecule has 2 aromatic heterocycles. The fourth-order valence-corrected chi connectivity index (χ4v) is 2.54. The molecule has 0 spiro atoms. The molecule has 0 bridgehead atoms. The largest absolute Gasteiger partial charge is 0.496 e. The maximum Gasteiger partial charge on any atom is 0.185 e. The lowest BCUT2D eigenvalue weighted by Crippen LogP contribution is -2.01. The summed E-state index contributed by atoms with van der Waals surface area (Å²) in [5.74, 6) is 0.827. The van der Waals surface area contributed by atoms with Crippen molar-refractivity contribution in [2.75, 3.05) is 12.4 Å². The third-order valence-electron chi connectivity index (χ3n) is 3.51. The zero-order chi connectivity index (χ0) is 15.0. The van der Waals surface area contributed by atoms with Gasteiger partial charge in [-0.05, 0) is 31.5 Å². The van der Waals surface area contributed by atoms with Gasteiger partial charge in [-0.1, -0.05) is 17.7 Å². The van der Waals surface area contributed by atoms with Crippen molar-refractivity contribution in [3.8, 4) is 5.75 Å². The van der Waals surface area contributed by atoms with Crippen molar-refractivity contribution in [1.82, 2.24) is 14.6 Å². The van der Waals surface area contributed by atoms with Gasteiger partial charge in [0, 0.05) is 17.4 Å². The predicted octanol–water partition coefficient (Wildman–Crippen LogP) is 3.75. The van der Waals surface area contributed by atoms with E-state index >= 15 is 0 Å². The maximum absolute atomic E-state index is 6.31. The molecule has 2 heterocycles. The van der Waals surface area contributed by atoms with E-state index in [1.165, 1.54) is 0 Å². The molecule has 3 aromatic rings. The molecule has 21 heavy (non-hydrogen) atoms. The van der Waals surface area contributed by atoms with Gasteiger partial charge in [0.15, 0.2) is 5.65 Å². The van der Waals surface area contributed by atoms with Gasteiger partial charge in [-0.2, -0.15) is 0 Å². The average Bonchev–Trinajstić information content (AvgIpc) is 2.94. The summed E-state index contributed by atoms with van der Waals surface area (Å²) in [6.07, 6.45) is 3.47. The number of rotatable bonds is 3. The van der Waals surface area contributed by atoms with E-state index in [4.69, 9.17) is 16.3 Å². The Hall–Kier alpha value is -2.27. The van der Waals surface area contributed by atoms with Crippen LogP contribution in [0.25, 0.3) is 5.65 Å². The van der Waals surface area contributed by atoms with Crippen LogP contribution in [-0.4, -0.2) is 21.7 Å². The monoisotopic (exact) mass is 302 g/mol. The second-order valence-corrected chi connectivity index (χ2v) is 5.22. The molecule has 0 aliphatic rings. The van der Waals surface area contributed by atoms with Gasteiger partial charge < -0.3 is 10.1 Å². The van der Waals surface area contributed by atoms with Gasteiger partial charge in [0.05, 0.1) is 12.1 Å². The highest BCUT2D eigenvalue weighted by Crippen LogP contribution is 2.35. The number of nitrogens with one attached hydrogen (secondary N) is 1. The van der Waals surface area contributed by atoms with E-state index in [0.29, 0.717) is 10.7 Å². The Morgan fingerprint density at radius 3 is 2.76 bits per heavy atom. The normalized spacial score (nSPS) is 10.9. The van der Waals surface area contributed by atoms with Crippen LogP contribution in [0.15, 0.2) is 30.7 Å². The summed E-state index contributed by atoms with van der Waals surface area (Å²) >= 11 is 6.31. The topological polar surface area (TPSA) is 51.5 Å². The van der Waals surface area contributed by atoms with Gasteiger partial charge in [0.25, 0.3) is 0 Å². The molecular formula is C15H15ClN4O. The number of hydrogen-bond donors (Lipinski definition) is 1. The first kappa shape index (κ1) is 13.7. The standard InChI is InChI=1S/C15H15ClN4O/c1-9-4-5-12(21-3)10(2)13(9)18-14-11(16)6-7-20-8-17-19-15(14)20/h4-8,18H,1-3H3. The number of nitrogens with zero attached hydrogens (tertiary/aromatic N) is 3. The Balaban J connectivity index is 2.15. The fraction of sp³-hybridized carbons (Fsp3) is 0.200. The van der Waals surface area contributed by atoms with Gasteiger partial charge >= 0.3 is 0 Å². The Morgan fingerprint density at radius 2 is 2.00 bits per heavy atom. The van der Waals surface area contributed by atoms with E-state index in [0.717, 1.165) is 28.3 Å². The average molecular weight is 303 g/mol. The highest BCUT2D eigenvalue weighted by atomic mass is 35.5. The third kappa shape index (κ3) is 2.29. The Labute approximate surface area is 127 Å². The summed E-state index contributed by atoms with van der Waals surface area (Å²) in [6.45, 7) is 4.04. The number of methoxy groups -OCH3 is 1. The molecule has 0 saturated heterocycles. The lowest BCUT2D eigenvalue weighted by Gasteiger charge is -2.16. The molecule has 0 fully saturated rings. The smallest absolute Gasteiger partial charge is 0.185 e. The highest BCUT2D eigenvalue weighted by Gasteiger charge is 2.13. The Kier molecular flexibility index (Phi) is 3.43. The first-order valence-electron chi connectivity index (χ1n) is 6.51. The molecule has 0 aliphatic carbocycles. The summed E-state index contributed by atoms with van der Waals surface area (Å²) in [5, 5.41) is 12.0. The van der Waals surface area contributed by atoms with E-state index in [1.54, 1.807) is 13.4 Å². The summed E-state index contributed by atoms with van der Waals surface area (Å²) < 4.78 is 7.19. The number of halogens is 1.